The van der Waals surface area contributed by atoms with E-state index in [2.05, 4.69) is 83.4 Å². The Bertz CT molecular complexity index is 1260. The SMILES string of the molecule is CN[C@@H]1CC[C@H](c2cccc(Cl)c2)c2ccccc21.CN[C@H]1CC[C@@H](c2cccc(Cl)c2)c2ccccc21. The molecule has 6 rings (SSSR count). The Kier molecular flexibility index (Phi) is 8.86. The number of rotatable bonds is 4. The molecule has 2 aliphatic rings. The molecule has 38 heavy (non-hydrogen) atoms. The van der Waals surface area contributed by atoms with Crippen molar-refractivity contribution in [1.82, 2.24) is 10.6 Å². The minimum absolute atomic E-state index is 0.472. The molecule has 2 aliphatic carbocycles. The lowest BCUT2D eigenvalue weighted by Crippen LogP contribution is -2.24. The lowest BCUT2D eigenvalue weighted by molar-refractivity contribution is 0.471. The minimum atomic E-state index is 0.472. The molecule has 0 fully saturated rings. The highest BCUT2D eigenvalue weighted by Gasteiger charge is 2.28. The van der Waals surface area contributed by atoms with Gasteiger partial charge in [0.05, 0.1) is 0 Å². The molecule has 4 heteroatoms. The van der Waals surface area contributed by atoms with E-state index in [0.29, 0.717) is 23.9 Å². The Hall–Kier alpha value is -2.62. The van der Waals surface area contributed by atoms with Crippen LogP contribution in [-0.4, -0.2) is 14.1 Å². The molecule has 0 saturated carbocycles. The molecule has 0 saturated heterocycles. The van der Waals surface area contributed by atoms with Crippen molar-refractivity contribution in [1.29, 1.82) is 0 Å². The van der Waals surface area contributed by atoms with Crippen molar-refractivity contribution < 1.29 is 0 Å². The second kappa shape index (κ2) is 12.5. The number of hydrogen-bond donors (Lipinski definition) is 2. The first-order chi connectivity index (χ1) is 18.6. The molecule has 196 valence electrons. The van der Waals surface area contributed by atoms with Crippen LogP contribution in [0.5, 0.6) is 0 Å². The van der Waals surface area contributed by atoms with Crippen molar-refractivity contribution in [2.75, 3.05) is 14.1 Å². The molecule has 2 nitrogen and oxygen atoms in total. The van der Waals surface area contributed by atoms with Crippen LogP contribution in [0, 0.1) is 0 Å². The maximum absolute atomic E-state index is 6.13. The number of fused-ring (bicyclic) bond motifs is 2. The number of benzene rings is 4. The van der Waals surface area contributed by atoms with Crippen molar-refractivity contribution in [3.05, 3.63) is 140 Å². The Morgan fingerprint density at radius 2 is 0.895 bits per heavy atom. The summed E-state index contributed by atoms with van der Waals surface area (Å²) >= 11 is 12.3. The van der Waals surface area contributed by atoms with E-state index < -0.39 is 0 Å². The van der Waals surface area contributed by atoms with Crippen molar-refractivity contribution in [3.63, 3.8) is 0 Å². The molecule has 0 spiro atoms. The minimum Gasteiger partial charge on any atom is -0.313 e. The van der Waals surface area contributed by atoms with Gasteiger partial charge in [0.2, 0.25) is 0 Å². The van der Waals surface area contributed by atoms with Gasteiger partial charge >= 0.3 is 0 Å². The van der Waals surface area contributed by atoms with Gasteiger partial charge in [0.15, 0.2) is 0 Å². The predicted molar refractivity (Wildman–Crippen MR) is 162 cm³/mol. The maximum atomic E-state index is 6.13. The third kappa shape index (κ3) is 5.84. The normalized spacial score (nSPS) is 22.0. The molecule has 0 radical (unpaired) electrons. The maximum Gasteiger partial charge on any atom is 0.0408 e. The molecule has 2 N–H and O–H groups in total. The Balaban J connectivity index is 0.000000155. The molecule has 4 aromatic carbocycles. The van der Waals surface area contributed by atoms with E-state index in [1.807, 2.05) is 38.4 Å². The van der Waals surface area contributed by atoms with Crippen LogP contribution in [-0.2, 0) is 0 Å². The van der Waals surface area contributed by atoms with Crippen LogP contribution in [0.25, 0.3) is 0 Å². The quantitative estimate of drug-likeness (QED) is 0.268. The van der Waals surface area contributed by atoms with Gasteiger partial charge in [-0.15, -0.1) is 0 Å². The zero-order valence-electron chi connectivity index (χ0n) is 22.1. The van der Waals surface area contributed by atoms with Gasteiger partial charge in [-0.1, -0.05) is 96.0 Å². The fraction of sp³-hybridized carbons (Fsp3) is 0.294. The Morgan fingerprint density at radius 1 is 0.500 bits per heavy atom. The molecule has 0 aromatic heterocycles. The molecule has 4 atom stereocenters. The van der Waals surface area contributed by atoms with E-state index in [9.17, 15) is 0 Å². The van der Waals surface area contributed by atoms with E-state index in [4.69, 9.17) is 23.2 Å². The summed E-state index contributed by atoms with van der Waals surface area (Å²) in [6, 6.07) is 35.0. The second-order valence-electron chi connectivity index (χ2n) is 10.3. The fourth-order valence-electron chi connectivity index (χ4n) is 6.32. The Morgan fingerprint density at radius 3 is 1.26 bits per heavy atom. The van der Waals surface area contributed by atoms with E-state index >= 15 is 0 Å². The summed E-state index contributed by atoms with van der Waals surface area (Å²) in [6.45, 7) is 0. The number of halogens is 2. The van der Waals surface area contributed by atoms with Crippen molar-refractivity contribution >= 4 is 23.2 Å². The highest BCUT2D eigenvalue weighted by Crippen LogP contribution is 2.42. The molecule has 0 unspecified atom stereocenters. The summed E-state index contributed by atoms with van der Waals surface area (Å²) in [5.74, 6) is 0.944. The van der Waals surface area contributed by atoms with Gasteiger partial charge < -0.3 is 10.6 Å². The van der Waals surface area contributed by atoms with Gasteiger partial charge in [-0.05, 0) is 97.4 Å². The van der Waals surface area contributed by atoms with Crippen LogP contribution in [0.1, 0.15) is 83.0 Å². The smallest absolute Gasteiger partial charge is 0.0408 e. The summed E-state index contributed by atoms with van der Waals surface area (Å²) in [5, 5.41) is 8.48. The molecule has 0 amide bonds. The zero-order chi connectivity index (χ0) is 26.5. The third-order valence-corrected chi connectivity index (χ3v) is 8.65. The zero-order valence-corrected chi connectivity index (χ0v) is 23.6. The van der Waals surface area contributed by atoms with Crippen LogP contribution in [0.4, 0.5) is 0 Å². The number of hydrogen-bond acceptors (Lipinski definition) is 2. The molecular weight excluding hydrogens is 507 g/mol. The first-order valence-electron chi connectivity index (χ1n) is 13.6. The summed E-state index contributed by atoms with van der Waals surface area (Å²) in [5.41, 5.74) is 8.40. The first kappa shape index (κ1) is 27.0. The molecular formula is C34H36Cl2N2. The number of nitrogens with one attached hydrogen (secondary N) is 2. The van der Waals surface area contributed by atoms with E-state index in [-0.39, 0.29) is 0 Å². The highest BCUT2D eigenvalue weighted by atomic mass is 35.5. The van der Waals surface area contributed by atoms with E-state index in [1.165, 1.54) is 59.1 Å². The van der Waals surface area contributed by atoms with Gasteiger partial charge in [-0.3, -0.25) is 0 Å². The fourth-order valence-corrected chi connectivity index (χ4v) is 6.72. The molecule has 0 heterocycles. The average Bonchev–Trinajstić information content (AvgIpc) is 2.96. The highest BCUT2D eigenvalue weighted by molar-refractivity contribution is 6.30. The van der Waals surface area contributed by atoms with Crippen molar-refractivity contribution in [2.24, 2.45) is 0 Å². The average molecular weight is 544 g/mol. The van der Waals surface area contributed by atoms with Gasteiger partial charge in [0.25, 0.3) is 0 Å². The summed E-state index contributed by atoms with van der Waals surface area (Å²) in [6.07, 6.45) is 4.68. The lowest BCUT2D eigenvalue weighted by atomic mass is 9.77. The van der Waals surface area contributed by atoms with Crippen LogP contribution < -0.4 is 10.6 Å². The van der Waals surface area contributed by atoms with Gasteiger partial charge in [0.1, 0.15) is 0 Å². The summed E-state index contributed by atoms with van der Waals surface area (Å²) in [4.78, 5) is 0. The van der Waals surface area contributed by atoms with E-state index in [0.717, 1.165) is 10.0 Å². The topological polar surface area (TPSA) is 24.1 Å². The second-order valence-corrected chi connectivity index (χ2v) is 11.2. The predicted octanol–water partition coefficient (Wildman–Crippen LogP) is 9.05. The van der Waals surface area contributed by atoms with Crippen molar-refractivity contribution in [3.8, 4) is 0 Å². The van der Waals surface area contributed by atoms with Gasteiger partial charge in [-0.2, -0.15) is 0 Å². The van der Waals surface area contributed by atoms with E-state index in [1.54, 1.807) is 0 Å². The summed E-state index contributed by atoms with van der Waals surface area (Å²) < 4.78 is 0. The largest absolute Gasteiger partial charge is 0.313 e. The van der Waals surface area contributed by atoms with Crippen molar-refractivity contribution in [2.45, 2.75) is 49.6 Å². The van der Waals surface area contributed by atoms with Crippen LogP contribution >= 0.6 is 23.2 Å². The van der Waals surface area contributed by atoms with Gasteiger partial charge in [-0.25, -0.2) is 0 Å². The van der Waals surface area contributed by atoms with Gasteiger partial charge in [0, 0.05) is 34.0 Å². The molecule has 0 aliphatic heterocycles. The molecule has 0 bridgehead atoms. The third-order valence-electron chi connectivity index (χ3n) is 8.18. The molecule has 4 aromatic rings. The standard InChI is InChI=1S/2C17H18ClN/c2*1-19-17-10-9-14(12-5-4-6-13(18)11-12)15-7-2-3-8-16(15)17/h2*2-8,11,14,17,19H,9-10H2,1H3/t2*14-,17-/m10/s1. The first-order valence-corrected chi connectivity index (χ1v) is 14.4. The lowest BCUT2D eigenvalue weighted by Gasteiger charge is -2.31. The van der Waals surface area contributed by atoms with Crippen LogP contribution in [0.2, 0.25) is 10.0 Å². The monoisotopic (exact) mass is 542 g/mol. The summed E-state index contributed by atoms with van der Waals surface area (Å²) in [7, 11) is 4.09. The van der Waals surface area contributed by atoms with Crippen LogP contribution in [0.15, 0.2) is 97.1 Å². The van der Waals surface area contributed by atoms with Crippen LogP contribution in [0.3, 0.4) is 0 Å². The Labute approximate surface area is 237 Å².